The van der Waals surface area contributed by atoms with Crippen LogP contribution in [-0.4, -0.2) is 73.6 Å². The Morgan fingerprint density at radius 2 is 2.12 bits per heavy atom. The van der Waals surface area contributed by atoms with Crippen molar-refractivity contribution < 1.29 is 14.3 Å². The Hall–Kier alpha value is -0.890. The highest BCUT2D eigenvalue weighted by atomic mass is 32.2. The average molecular weight is 397 g/mol. The summed E-state index contributed by atoms with van der Waals surface area (Å²) in [5.74, 6) is 4.08. The highest BCUT2D eigenvalue weighted by Crippen LogP contribution is 2.33. The normalized spacial score (nSPS) is 23.7. The molecule has 0 saturated carbocycles. The van der Waals surface area contributed by atoms with E-state index in [1.165, 1.54) is 5.75 Å². The maximum Gasteiger partial charge on any atom is 0.220 e. The SMILES string of the molecule is COc1ccc(SCCC(=O)NCC2(N3CCOCC3)CCSC2)cc1. The van der Waals surface area contributed by atoms with Gasteiger partial charge in [0.1, 0.15) is 5.75 Å². The highest BCUT2D eigenvalue weighted by Gasteiger charge is 2.40. The molecular weight excluding hydrogens is 368 g/mol. The number of benzene rings is 1. The zero-order valence-electron chi connectivity index (χ0n) is 15.4. The number of methoxy groups -OCH3 is 1. The summed E-state index contributed by atoms with van der Waals surface area (Å²) >= 11 is 3.70. The number of thioether (sulfide) groups is 2. The first-order valence-corrected chi connectivity index (χ1v) is 11.3. The van der Waals surface area contributed by atoms with E-state index in [-0.39, 0.29) is 11.4 Å². The number of hydrogen-bond acceptors (Lipinski definition) is 6. The number of carbonyl (C=O) groups excluding carboxylic acids is 1. The van der Waals surface area contributed by atoms with Crippen molar-refractivity contribution in [1.82, 2.24) is 10.2 Å². The summed E-state index contributed by atoms with van der Waals surface area (Å²) in [6.45, 7) is 4.32. The second kappa shape index (κ2) is 9.88. The predicted octanol–water partition coefficient (Wildman–Crippen LogP) is 2.50. The standard InChI is InChI=1S/C19H28N2O3S2/c1-23-16-2-4-17(5-3-16)26-12-6-18(22)20-14-19(7-13-25-15-19)21-8-10-24-11-9-21/h2-5H,6-15H2,1H3,(H,20,22). The van der Waals surface area contributed by atoms with Gasteiger partial charge in [-0.25, -0.2) is 0 Å². The lowest BCUT2D eigenvalue weighted by atomic mass is 9.95. The molecule has 1 aromatic carbocycles. The molecule has 2 saturated heterocycles. The molecule has 0 aromatic heterocycles. The Morgan fingerprint density at radius 1 is 1.35 bits per heavy atom. The molecule has 144 valence electrons. The first kappa shape index (κ1) is 19.9. The van der Waals surface area contributed by atoms with Gasteiger partial charge in [-0.1, -0.05) is 0 Å². The molecule has 0 radical (unpaired) electrons. The minimum atomic E-state index is 0.118. The predicted molar refractivity (Wildman–Crippen MR) is 108 cm³/mol. The van der Waals surface area contributed by atoms with Crippen molar-refractivity contribution >= 4 is 29.4 Å². The van der Waals surface area contributed by atoms with Gasteiger partial charge in [-0.15, -0.1) is 11.8 Å². The van der Waals surface area contributed by atoms with Gasteiger partial charge in [0, 0.05) is 48.0 Å². The maximum absolute atomic E-state index is 12.3. The van der Waals surface area contributed by atoms with Crippen molar-refractivity contribution in [3.05, 3.63) is 24.3 Å². The van der Waals surface area contributed by atoms with Crippen LogP contribution in [0.5, 0.6) is 5.75 Å². The van der Waals surface area contributed by atoms with Gasteiger partial charge >= 0.3 is 0 Å². The fraction of sp³-hybridized carbons (Fsp3) is 0.632. The first-order chi connectivity index (χ1) is 12.7. The summed E-state index contributed by atoms with van der Waals surface area (Å²) in [6, 6.07) is 7.97. The molecule has 1 aromatic rings. The third kappa shape index (κ3) is 5.31. The fourth-order valence-corrected chi connectivity index (χ4v) is 5.75. The fourth-order valence-electron chi connectivity index (χ4n) is 3.42. The van der Waals surface area contributed by atoms with Crippen molar-refractivity contribution in [2.24, 2.45) is 0 Å². The van der Waals surface area contributed by atoms with Crippen LogP contribution in [0.15, 0.2) is 29.2 Å². The van der Waals surface area contributed by atoms with Gasteiger partial charge in [0.15, 0.2) is 0 Å². The molecule has 0 bridgehead atoms. The molecule has 1 N–H and O–H groups in total. The Kier molecular flexibility index (Phi) is 7.54. The van der Waals surface area contributed by atoms with Crippen molar-refractivity contribution in [3.63, 3.8) is 0 Å². The number of hydrogen-bond donors (Lipinski definition) is 1. The number of nitrogens with one attached hydrogen (secondary N) is 1. The van der Waals surface area contributed by atoms with Crippen LogP contribution < -0.4 is 10.1 Å². The minimum absolute atomic E-state index is 0.118. The average Bonchev–Trinajstić information content (AvgIpc) is 3.18. The lowest BCUT2D eigenvalue weighted by Gasteiger charge is -2.43. The van der Waals surface area contributed by atoms with Gasteiger partial charge in [0.25, 0.3) is 0 Å². The van der Waals surface area contributed by atoms with Crippen LogP contribution in [0.25, 0.3) is 0 Å². The summed E-state index contributed by atoms with van der Waals surface area (Å²) in [7, 11) is 1.67. The van der Waals surface area contributed by atoms with Crippen LogP contribution in [0.3, 0.4) is 0 Å². The van der Waals surface area contributed by atoms with Crippen LogP contribution in [0, 0.1) is 0 Å². The van der Waals surface area contributed by atoms with E-state index in [9.17, 15) is 4.79 Å². The van der Waals surface area contributed by atoms with Crippen molar-refractivity contribution in [1.29, 1.82) is 0 Å². The van der Waals surface area contributed by atoms with Gasteiger partial charge in [-0.2, -0.15) is 11.8 Å². The molecular formula is C19H28N2O3S2. The van der Waals surface area contributed by atoms with E-state index >= 15 is 0 Å². The van der Waals surface area contributed by atoms with Crippen molar-refractivity contribution in [2.45, 2.75) is 23.3 Å². The van der Waals surface area contributed by atoms with Crippen molar-refractivity contribution in [2.75, 3.05) is 57.2 Å². The van der Waals surface area contributed by atoms with Gasteiger partial charge in [0.05, 0.1) is 20.3 Å². The van der Waals surface area contributed by atoms with E-state index in [0.29, 0.717) is 6.42 Å². The molecule has 0 spiro atoms. The largest absolute Gasteiger partial charge is 0.497 e. The summed E-state index contributed by atoms with van der Waals surface area (Å²) in [6.07, 6.45) is 1.70. The van der Waals surface area contributed by atoms with E-state index < -0.39 is 0 Å². The number of nitrogens with zero attached hydrogens (tertiary/aromatic N) is 1. The lowest BCUT2D eigenvalue weighted by Crippen LogP contribution is -2.59. The number of amides is 1. The number of rotatable bonds is 8. The second-order valence-electron chi connectivity index (χ2n) is 6.68. The van der Waals surface area contributed by atoms with Gasteiger partial charge < -0.3 is 14.8 Å². The summed E-state index contributed by atoms with van der Waals surface area (Å²) in [5, 5.41) is 3.20. The van der Waals surface area contributed by atoms with Crippen molar-refractivity contribution in [3.8, 4) is 5.75 Å². The van der Waals surface area contributed by atoms with Gasteiger partial charge in [-0.3, -0.25) is 9.69 Å². The second-order valence-corrected chi connectivity index (χ2v) is 8.95. The number of morpholine rings is 1. The van der Waals surface area contributed by atoms with Crippen LogP contribution in [0.2, 0.25) is 0 Å². The monoisotopic (exact) mass is 396 g/mol. The molecule has 0 aliphatic carbocycles. The molecule has 2 heterocycles. The summed E-state index contributed by atoms with van der Waals surface area (Å²) in [5.41, 5.74) is 0.118. The topological polar surface area (TPSA) is 50.8 Å². The molecule has 2 aliphatic rings. The zero-order chi connectivity index (χ0) is 18.2. The molecule has 26 heavy (non-hydrogen) atoms. The third-order valence-electron chi connectivity index (χ3n) is 5.04. The van der Waals surface area contributed by atoms with Gasteiger partial charge in [-0.05, 0) is 36.4 Å². The molecule has 2 aliphatic heterocycles. The van der Waals surface area contributed by atoms with E-state index in [1.807, 2.05) is 36.0 Å². The smallest absolute Gasteiger partial charge is 0.220 e. The van der Waals surface area contributed by atoms with E-state index in [4.69, 9.17) is 9.47 Å². The Balaban J connectivity index is 1.42. The first-order valence-electron chi connectivity index (χ1n) is 9.16. The quantitative estimate of drug-likeness (QED) is 0.682. The Morgan fingerprint density at radius 3 is 2.77 bits per heavy atom. The molecule has 2 fully saturated rings. The minimum Gasteiger partial charge on any atom is -0.497 e. The molecule has 3 rings (SSSR count). The molecule has 1 atom stereocenters. The zero-order valence-corrected chi connectivity index (χ0v) is 17.0. The maximum atomic E-state index is 12.3. The molecule has 1 amide bonds. The van der Waals surface area contributed by atoms with E-state index in [2.05, 4.69) is 10.2 Å². The lowest BCUT2D eigenvalue weighted by molar-refractivity contribution is -0.121. The molecule has 5 nitrogen and oxygen atoms in total. The highest BCUT2D eigenvalue weighted by molar-refractivity contribution is 7.99. The van der Waals surface area contributed by atoms with E-state index in [0.717, 1.165) is 61.4 Å². The van der Waals surface area contributed by atoms with Crippen LogP contribution in [0.1, 0.15) is 12.8 Å². The van der Waals surface area contributed by atoms with Crippen LogP contribution >= 0.6 is 23.5 Å². The van der Waals surface area contributed by atoms with Crippen LogP contribution in [0.4, 0.5) is 0 Å². The molecule has 1 unspecified atom stereocenters. The van der Waals surface area contributed by atoms with E-state index in [1.54, 1.807) is 18.9 Å². The Bertz CT molecular complexity index is 571. The van der Waals surface area contributed by atoms with Gasteiger partial charge in [0.2, 0.25) is 5.91 Å². The summed E-state index contributed by atoms with van der Waals surface area (Å²) < 4.78 is 10.7. The number of carbonyl (C=O) groups is 1. The van der Waals surface area contributed by atoms with Crippen LogP contribution in [-0.2, 0) is 9.53 Å². The Labute approximate surface area is 164 Å². The number of ether oxygens (including phenoxy) is 2. The summed E-state index contributed by atoms with van der Waals surface area (Å²) in [4.78, 5) is 16.0. The molecule has 7 heteroatoms. The third-order valence-corrected chi connectivity index (χ3v) is 7.28.